The SMILES string of the molecule is CC(NC(=O)C(NC(=O)c1cc2cc(Cl)ccc2n1C)C(C)C)C(=O)O. The number of rotatable bonds is 6. The Morgan fingerprint density at radius 1 is 1.12 bits per heavy atom. The number of carbonyl (C=O) groups is 3. The van der Waals surface area contributed by atoms with Crippen molar-refractivity contribution in [3.63, 3.8) is 0 Å². The molecule has 0 aliphatic heterocycles. The summed E-state index contributed by atoms with van der Waals surface area (Å²) in [6, 6.07) is 5.12. The van der Waals surface area contributed by atoms with Gasteiger partial charge in [-0.3, -0.25) is 14.4 Å². The smallest absolute Gasteiger partial charge is 0.325 e. The second-order valence-corrected chi connectivity index (χ2v) is 6.99. The minimum atomic E-state index is -1.14. The van der Waals surface area contributed by atoms with Gasteiger partial charge in [0.2, 0.25) is 5.91 Å². The van der Waals surface area contributed by atoms with Crippen molar-refractivity contribution in [2.45, 2.75) is 32.9 Å². The summed E-state index contributed by atoms with van der Waals surface area (Å²) in [6.45, 7) is 4.92. The standard InChI is InChI=1S/C18H22ClN3O4/c1-9(2)15(17(24)20-10(3)18(25)26)21-16(23)14-8-11-7-12(19)5-6-13(11)22(14)4/h5-10,15H,1-4H3,(H,20,24)(H,21,23)(H,25,26). The lowest BCUT2D eigenvalue weighted by Gasteiger charge is -2.23. The Labute approximate surface area is 156 Å². The highest BCUT2D eigenvalue weighted by Gasteiger charge is 2.28. The third-order valence-electron chi connectivity index (χ3n) is 4.20. The van der Waals surface area contributed by atoms with Gasteiger partial charge in [-0.05, 0) is 37.1 Å². The molecule has 7 nitrogen and oxygen atoms in total. The topological polar surface area (TPSA) is 100 Å². The molecule has 1 heterocycles. The molecule has 2 unspecified atom stereocenters. The van der Waals surface area contributed by atoms with Crippen LogP contribution in [0.1, 0.15) is 31.3 Å². The van der Waals surface area contributed by atoms with Crippen LogP contribution in [0.4, 0.5) is 0 Å². The lowest BCUT2D eigenvalue weighted by molar-refractivity contribution is -0.141. The van der Waals surface area contributed by atoms with Gasteiger partial charge in [0.15, 0.2) is 0 Å². The summed E-state index contributed by atoms with van der Waals surface area (Å²) in [6.07, 6.45) is 0. The number of nitrogens with zero attached hydrogens (tertiary/aromatic N) is 1. The number of carbonyl (C=O) groups excluding carboxylic acids is 2. The fourth-order valence-electron chi connectivity index (χ4n) is 2.65. The number of nitrogens with one attached hydrogen (secondary N) is 2. The van der Waals surface area contributed by atoms with E-state index in [1.807, 2.05) is 6.07 Å². The molecule has 0 aliphatic carbocycles. The Balaban J connectivity index is 2.24. The van der Waals surface area contributed by atoms with E-state index >= 15 is 0 Å². The van der Waals surface area contributed by atoms with Crippen LogP contribution in [0.5, 0.6) is 0 Å². The van der Waals surface area contributed by atoms with Crippen LogP contribution in [0.3, 0.4) is 0 Å². The van der Waals surface area contributed by atoms with Crippen LogP contribution < -0.4 is 10.6 Å². The molecule has 0 saturated heterocycles. The predicted octanol–water partition coefficient (Wildman–Crippen LogP) is 2.18. The third-order valence-corrected chi connectivity index (χ3v) is 4.44. The molecule has 26 heavy (non-hydrogen) atoms. The average Bonchev–Trinajstić information content (AvgIpc) is 2.87. The van der Waals surface area contributed by atoms with Crippen molar-refractivity contribution in [2.24, 2.45) is 13.0 Å². The molecular weight excluding hydrogens is 358 g/mol. The van der Waals surface area contributed by atoms with Gasteiger partial charge in [-0.25, -0.2) is 0 Å². The maximum absolute atomic E-state index is 12.7. The zero-order chi connectivity index (χ0) is 19.6. The van der Waals surface area contributed by atoms with Gasteiger partial charge in [0.1, 0.15) is 17.8 Å². The summed E-state index contributed by atoms with van der Waals surface area (Å²) in [5.41, 5.74) is 1.22. The monoisotopic (exact) mass is 379 g/mol. The van der Waals surface area contributed by atoms with Crippen molar-refractivity contribution in [2.75, 3.05) is 0 Å². The molecule has 2 rings (SSSR count). The molecule has 2 aromatic rings. The van der Waals surface area contributed by atoms with E-state index in [-0.39, 0.29) is 5.92 Å². The highest BCUT2D eigenvalue weighted by molar-refractivity contribution is 6.31. The fraction of sp³-hybridized carbons (Fsp3) is 0.389. The molecule has 2 amide bonds. The number of fused-ring (bicyclic) bond motifs is 1. The molecule has 8 heteroatoms. The van der Waals surface area contributed by atoms with Crippen LogP contribution in [-0.2, 0) is 16.6 Å². The van der Waals surface area contributed by atoms with E-state index in [2.05, 4.69) is 10.6 Å². The van der Waals surface area contributed by atoms with E-state index in [1.165, 1.54) is 6.92 Å². The lowest BCUT2D eigenvalue weighted by atomic mass is 10.0. The number of halogens is 1. The molecular formula is C18H22ClN3O4. The maximum Gasteiger partial charge on any atom is 0.325 e. The second kappa shape index (κ2) is 7.78. The van der Waals surface area contributed by atoms with Crippen LogP contribution >= 0.6 is 11.6 Å². The molecule has 0 spiro atoms. The van der Waals surface area contributed by atoms with Crippen molar-refractivity contribution >= 4 is 40.3 Å². The molecule has 0 radical (unpaired) electrons. The predicted molar refractivity (Wildman–Crippen MR) is 99.3 cm³/mol. The van der Waals surface area contributed by atoms with Gasteiger partial charge in [-0.1, -0.05) is 25.4 Å². The van der Waals surface area contributed by atoms with Crippen molar-refractivity contribution in [3.05, 3.63) is 35.0 Å². The number of hydrogen-bond donors (Lipinski definition) is 3. The highest BCUT2D eigenvalue weighted by atomic mass is 35.5. The van der Waals surface area contributed by atoms with Gasteiger partial charge in [0.05, 0.1) is 0 Å². The second-order valence-electron chi connectivity index (χ2n) is 6.56. The van der Waals surface area contributed by atoms with E-state index < -0.39 is 29.9 Å². The number of benzene rings is 1. The molecule has 0 aliphatic rings. The largest absolute Gasteiger partial charge is 0.480 e. The van der Waals surface area contributed by atoms with Crippen LogP contribution in [0.2, 0.25) is 5.02 Å². The summed E-state index contributed by atoms with van der Waals surface area (Å²) in [7, 11) is 1.75. The van der Waals surface area contributed by atoms with Gasteiger partial charge in [0, 0.05) is 23.0 Å². The molecule has 2 atom stereocenters. The third kappa shape index (κ3) is 4.16. The molecule has 0 saturated carbocycles. The molecule has 140 valence electrons. The van der Waals surface area contributed by atoms with E-state index in [0.717, 1.165) is 10.9 Å². The molecule has 1 aromatic heterocycles. The van der Waals surface area contributed by atoms with Gasteiger partial charge in [-0.15, -0.1) is 0 Å². The first kappa shape index (κ1) is 19.8. The molecule has 0 bridgehead atoms. The Morgan fingerprint density at radius 3 is 2.35 bits per heavy atom. The van der Waals surface area contributed by atoms with Crippen molar-refractivity contribution in [1.82, 2.24) is 15.2 Å². The summed E-state index contributed by atoms with van der Waals surface area (Å²) in [5.74, 6) is -2.32. The number of aliphatic carboxylic acids is 1. The number of aromatic nitrogens is 1. The number of aryl methyl sites for hydroxylation is 1. The Hall–Kier alpha value is -2.54. The number of hydrogen-bond acceptors (Lipinski definition) is 3. The van der Waals surface area contributed by atoms with E-state index in [9.17, 15) is 14.4 Å². The van der Waals surface area contributed by atoms with Crippen LogP contribution in [0, 0.1) is 5.92 Å². The first-order valence-electron chi connectivity index (χ1n) is 8.20. The summed E-state index contributed by atoms with van der Waals surface area (Å²) in [4.78, 5) is 36.0. The zero-order valence-corrected chi connectivity index (χ0v) is 15.8. The first-order chi connectivity index (χ1) is 12.1. The van der Waals surface area contributed by atoms with Gasteiger partial charge in [-0.2, -0.15) is 0 Å². The minimum Gasteiger partial charge on any atom is -0.480 e. The van der Waals surface area contributed by atoms with Crippen LogP contribution in [0.15, 0.2) is 24.3 Å². The van der Waals surface area contributed by atoms with Crippen LogP contribution in [0.25, 0.3) is 10.9 Å². The van der Waals surface area contributed by atoms with E-state index in [1.54, 1.807) is 43.7 Å². The summed E-state index contributed by atoms with van der Waals surface area (Å²) >= 11 is 5.99. The zero-order valence-electron chi connectivity index (χ0n) is 15.0. The average molecular weight is 380 g/mol. The van der Waals surface area contributed by atoms with Gasteiger partial charge < -0.3 is 20.3 Å². The summed E-state index contributed by atoms with van der Waals surface area (Å²) < 4.78 is 1.72. The maximum atomic E-state index is 12.7. The highest BCUT2D eigenvalue weighted by Crippen LogP contribution is 2.22. The molecule has 3 N–H and O–H groups in total. The first-order valence-corrected chi connectivity index (χ1v) is 8.58. The van der Waals surface area contributed by atoms with Crippen molar-refractivity contribution in [3.8, 4) is 0 Å². The minimum absolute atomic E-state index is 0.218. The van der Waals surface area contributed by atoms with Gasteiger partial charge in [0.25, 0.3) is 5.91 Å². The fourth-order valence-corrected chi connectivity index (χ4v) is 2.83. The Bertz CT molecular complexity index is 859. The van der Waals surface area contributed by atoms with Gasteiger partial charge >= 0.3 is 5.97 Å². The van der Waals surface area contributed by atoms with Crippen molar-refractivity contribution < 1.29 is 19.5 Å². The van der Waals surface area contributed by atoms with E-state index in [4.69, 9.17) is 16.7 Å². The Morgan fingerprint density at radius 2 is 1.77 bits per heavy atom. The molecule has 1 aromatic carbocycles. The van der Waals surface area contributed by atoms with Crippen molar-refractivity contribution in [1.29, 1.82) is 0 Å². The number of carboxylic acids is 1. The Kier molecular flexibility index (Phi) is 5.92. The lowest BCUT2D eigenvalue weighted by Crippen LogP contribution is -2.53. The van der Waals surface area contributed by atoms with Crippen LogP contribution in [-0.4, -0.2) is 39.5 Å². The number of amides is 2. The normalized spacial score (nSPS) is 13.5. The van der Waals surface area contributed by atoms with E-state index in [0.29, 0.717) is 10.7 Å². The summed E-state index contributed by atoms with van der Waals surface area (Å²) in [5, 5.41) is 15.4. The molecule has 0 fully saturated rings. The number of carboxylic acid groups (broad SMARTS) is 1. The quantitative estimate of drug-likeness (QED) is 0.716.